The van der Waals surface area contributed by atoms with Gasteiger partial charge in [0.05, 0.1) is 21.6 Å². The number of phenols is 2. The third kappa shape index (κ3) is 10.7. The van der Waals surface area contributed by atoms with Crippen molar-refractivity contribution in [3.63, 3.8) is 0 Å². The molecule has 0 amide bonds. The number of esters is 4. The molecule has 0 aliphatic heterocycles. The van der Waals surface area contributed by atoms with Crippen LogP contribution in [0, 0.1) is 11.8 Å². The van der Waals surface area contributed by atoms with Crippen molar-refractivity contribution in [2.45, 2.75) is 89.3 Å². The molecular formula is C48H46N2O10S2. The second kappa shape index (κ2) is 19.7. The molecule has 14 heteroatoms. The van der Waals surface area contributed by atoms with Crippen molar-refractivity contribution in [2.24, 2.45) is 11.8 Å². The van der Waals surface area contributed by atoms with Gasteiger partial charge in [0.25, 0.3) is 0 Å². The van der Waals surface area contributed by atoms with Gasteiger partial charge in [0.1, 0.15) is 46.1 Å². The summed E-state index contributed by atoms with van der Waals surface area (Å²) in [5.74, 6) is -1.55. The first-order valence-electron chi connectivity index (χ1n) is 21.0. The number of hydrogen-bond donors (Lipinski definition) is 2. The molecule has 2 aliphatic carbocycles. The quantitative estimate of drug-likeness (QED) is 0.0785. The molecule has 3 aromatic heterocycles. The summed E-state index contributed by atoms with van der Waals surface area (Å²) >= 11 is 3.02. The molecule has 62 heavy (non-hydrogen) atoms. The number of benzene rings is 3. The predicted octanol–water partition coefficient (Wildman–Crippen LogP) is 9.78. The van der Waals surface area contributed by atoms with E-state index >= 15 is 0 Å². The molecule has 2 N–H and O–H groups in total. The number of hydrogen-bond acceptors (Lipinski definition) is 14. The number of carbonyl (C=O) groups is 4. The number of fused-ring (bicyclic) bond motifs is 1. The first-order chi connectivity index (χ1) is 30.1. The van der Waals surface area contributed by atoms with E-state index in [1.807, 2.05) is 35.0 Å². The summed E-state index contributed by atoms with van der Waals surface area (Å²) < 4.78 is 23.7. The number of aromatic hydroxyl groups is 2. The van der Waals surface area contributed by atoms with Crippen molar-refractivity contribution < 1.29 is 48.3 Å². The summed E-state index contributed by atoms with van der Waals surface area (Å²) in [6, 6.07) is 24.4. The number of aryl methyl sites for hydroxylation is 2. The average molecular weight is 875 g/mol. The fourth-order valence-electron chi connectivity index (χ4n) is 7.95. The standard InChI is InChI=1S/C48H46N2O10S2/c51-33-15-5-29(6-16-33)9-25-41(53)57-35-19-11-31(12-20-35)47(55)59-37-23-24-38(44-43(37)49-45(39-3-1-27-61-39)46(50-44)40-4-2-28-62-40)60-48(56)32-13-21-36(22-14-32)58-42(54)26-10-30-7-17-34(52)18-8-30/h1-8,15-18,23-24,27-28,31-32,35-36,51-52H,9-14,19-22,25-26H2. The molecule has 0 radical (unpaired) electrons. The zero-order valence-corrected chi connectivity index (χ0v) is 35.5. The lowest BCUT2D eigenvalue weighted by Gasteiger charge is -2.27. The minimum absolute atomic E-state index is 0.172. The van der Waals surface area contributed by atoms with E-state index in [1.165, 1.54) is 22.7 Å². The lowest BCUT2D eigenvalue weighted by atomic mass is 9.87. The molecule has 6 aromatic rings. The Morgan fingerprint density at radius 2 is 0.919 bits per heavy atom. The molecule has 0 bridgehead atoms. The first-order valence-corrected chi connectivity index (χ1v) is 22.7. The van der Waals surface area contributed by atoms with Gasteiger partial charge < -0.3 is 29.2 Å². The number of phenolic OH excluding ortho intramolecular Hbond substituents is 2. The van der Waals surface area contributed by atoms with Gasteiger partial charge in [-0.25, -0.2) is 9.97 Å². The van der Waals surface area contributed by atoms with E-state index in [0.29, 0.717) is 75.6 Å². The van der Waals surface area contributed by atoms with E-state index in [1.54, 1.807) is 60.7 Å². The molecule has 12 nitrogen and oxygen atoms in total. The third-order valence-electron chi connectivity index (χ3n) is 11.4. The Morgan fingerprint density at radius 3 is 1.27 bits per heavy atom. The predicted molar refractivity (Wildman–Crippen MR) is 234 cm³/mol. The average Bonchev–Trinajstić information content (AvgIpc) is 4.03. The molecule has 3 aromatic carbocycles. The van der Waals surface area contributed by atoms with E-state index in [0.717, 1.165) is 20.9 Å². The Hall–Kier alpha value is -6.12. The third-order valence-corrected chi connectivity index (χ3v) is 13.2. The van der Waals surface area contributed by atoms with Crippen molar-refractivity contribution >= 4 is 57.6 Å². The molecule has 2 fully saturated rings. The van der Waals surface area contributed by atoms with E-state index in [-0.39, 0.29) is 71.0 Å². The number of nitrogens with zero attached hydrogens (tertiary/aromatic N) is 2. The number of carbonyl (C=O) groups excluding carboxylic acids is 4. The van der Waals surface area contributed by atoms with Crippen LogP contribution < -0.4 is 9.47 Å². The maximum atomic E-state index is 13.7. The van der Waals surface area contributed by atoms with Gasteiger partial charge in [0.2, 0.25) is 0 Å². The molecule has 0 atom stereocenters. The van der Waals surface area contributed by atoms with Crippen LogP contribution in [0.4, 0.5) is 0 Å². The molecule has 3 heterocycles. The Bertz CT molecular complexity index is 2320. The minimum atomic E-state index is -0.423. The van der Waals surface area contributed by atoms with Crippen molar-refractivity contribution in [2.75, 3.05) is 0 Å². The van der Waals surface area contributed by atoms with E-state index in [2.05, 4.69) is 0 Å². The van der Waals surface area contributed by atoms with Gasteiger partial charge in [-0.3, -0.25) is 19.2 Å². The summed E-state index contributed by atoms with van der Waals surface area (Å²) in [6.45, 7) is 0. The summed E-state index contributed by atoms with van der Waals surface area (Å²) in [6.07, 6.45) is 4.91. The van der Waals surface area contributed by atoms with Crippen molar-refractivity contribution in [1.29, 1.82) is 0 Å². The lowest BCUT2D eigenvalue weighted by Crippen LogP contribution is -2.30. The fraction of sp³-hybridized carbons (Fsp3) is 0.333. The molecule has 8 rings (SSSR count). The van der Waals surface area contributed by atoms with Crippen LogP contribution in [0.1, 0.15) is 75.3 Å². The number of aromatic nitrogens is 2. The number of rotatable bonds is 14. The first kappa shape index (κ1) is 42.6. The zero-order valence-electron chi connectivity index (χ0n) is 33.9. The summed E-state index contributed by atoms with van der Waals surface area (Å²) in [5, 5.41) is 22.9. The molecule has 2 saturated carbocycles. The highest BCUT2D eigenvalue weighted by atomic mass is 32.1. The van der Waals surface area contributed by atoms with Gasteiger partial charge in [-0.1, -0.05) is 36.4 Å². The van der Waals surface area contributed by atoms with Crippen LogP contribution in [0.25, 0.3) is 32.2 Å². The van der Waals surface area contributed by atoms with E-state index in [9.17, 15) is 29.4 Å². The largest absolute Gasteiger partial charge is 0.508 e. The molecule has 2 aliphatic rings. The monoisotopic (exact) mass is 874 g/mol. The molecule has 320 valence electrons. The Balaban J connectivity index is 0.934. The van der Waals surface area contributed by atoms with Crippen LogP contribution in [0.15, 0.2) is 95.7 Å². The zero-order chi connectivity index (χ0) is 43.0. The number of thiophene rings is 2. The van der Waals surface area contributed by atoms with Crippen molar-refractivity contribution in [3.8, 4) is 44.1 Å². The highest BCUT2D eigenvalue weighted by Gasteiger charge is 2.33. The highest BCUT2D eigenvalue weighted by molar-refractivity contribution is 7.14. The van der Waals surface area contributed by atoms with Gasteiger partial charge in [0.15, 0.2) is 11.5 Å². The van der Waals surface area contributed by atoms with Crippen molar-refractivity contribution in [3.05, 3.63) is 107 Å². The van der Waals surface area contributed by atoms with Crippen LogP contribution in [-0.2, 0) is 41.5 Å². The Morgan fingerprint density at radius 1 is 0.532 bits per heavy atom. The smallest absolute Gasteiger partial charge is 0.314 e. The molecule has 0 spiro atoms. The van der Waals surface area contributed by atoms with Crippen molar-refractivity contribution in [1.82, 2.24) is 9.97 Å². The van der Waals surface area contributed by atoms with E-state index in [4.69, 9.17) is 28.9 Å². The van der Waals surface area contributed by atoms with Crippen LogP contribution >= 0.6 is 22.7 Å². The normalized spacial score (nSPS) is 18.8. The second-order valence-corrected chi connectivity index (χ2v) is 17.6. The SMILES string of the molecule is O=C(CCc1ccc(O)cc1)OC1CCC(C(=O)Oc2ccc(OC(=O)C3CCC(OC(=O)CCc4ccc(O)cc4)CC3)c3nc(-c4cccs4)c(-c4cccs4)nc23)CC1. The van der Waals surface area contributed by atoms with Gasteiger partial charge in [-0.15, -0.1) is 22.7 Å². The topological polar surface area (TPSA) is 171 Å². The maximum Gasteiger partial charge on any atom is 0.314 e. The number of ether oxygens (including phenoxy) is 4. The van der Waals surface area contributed by atoms with Crippen LogP contribution in [0.2, 0.25) is 0 Å². The van der Waals surface area contributed by atoms with Gasteiger partial charge in [-0.05, 0) is 135 Å². The maximum absolute atomic E-state index is 13.7. The van der Waals surface area contributed by atoms with Gasteiger partial charge in [-0.2, -0.15) is 0 Å². The Labute approximate surface area is 366 Å². The van der Waals surface area contributed by atoms with Crippen LogP contribution in [0.3, 0.4) is 0 Å². The van der Waals surface area contributed by atoms with E-state index < -0.39 is 23.8 Å². The second-order valence-electron chi connectivity index (χ2n) is 15.7. The lowest BCUT2D eigenvalue weighted by molar-refractivity contribution is -0.153. The van der Waals surface area contributed by atoms with Gasteiger partial charge >= 0.3 is 23.9 Å². The van der Waals surface area contributed by atoms with Crippen LogP contribution in [0.5, 0.6) is 23.0 Å². The molecular weight excluding hydrogens is 829 g/mol. The van der Waals surface area contributed by atoms with Gasteiger partial charge in [0, 0.05) is 12.8 Å². The minimum Gasteiger partial charge on any atom is -0.508 e. The Kier molecular flexibility index (Phi) is 13.5. The molecule has 0 saturated heterocycles. The summed E-state index contributed by atoms with van der Waals surface area (Å²) in [4.78, 5) is 64.6. The highest BCUT2D eigenvalue weighted by Crippen LogP contribution is 2.41. The molecule has 0 unspecified atom stereocenters. The fourth-order valence-corrected chi connectivity index (χ4v) is 9.38. The summed E-state index contributed by atoms with van der Waals surface area (Å²) in [7, 11) is 0. The summed E-state index contributed by atoms with van der Waals surface area (Å²) in [5.41, 5.74) is 3.65. The van der Waals surface area contributed by atoms with Crippen LogP contribution in [-0.4, -0.2) is 56.3 Å².